The second kappa shape index (κ2) is 7.01. The Morgan fingerprint density at radius 1 is 1.27 bits per heavy atom. The van der Waals surface area contributed by atoms with Crippen molar-refractivity contribution in [1.29, 1.82) is 0 Å². The van der Waals surface area contributed by atoms with Gasteiger partial charge in [0, 0.05) is 36.6 Å². The maximum Gasteiger partial charge on any atom is 0.251 e. The second-order valence-electron chi connectivity index (χ2n) is 5.28. The summed E-state index contributed by atoms with van der Waals surface area (Å²) in [5.41, 5.74) is 1.96. The molecule has 1 aliphatic rings. The molecule has 0 saturated heterocycles. The topological polar surface area (TPSA) is 32.3 Å². The fourth-order valence-corrected chi connectivity index (χ4v) is 3.75. The molecule has 1 N–H and O–H groups in total. The molecular weight excluding hydrogens is 339 g/mol. The van der Waals surface area contributed by atoms with Gasteiger partial charge in [-0.3, -0.25) is 9.69 Å². The molecule has 0 aliphatic carbocycles. The van der Waals surface area contributed by atoms with Crippen LogP contribution in [0.2, 0.25) is 10.0 Å². The van der Waals surface area contributed by atoms with Crippen LogP contribution in [0.4, 0.5) is 0 Å². The minimum absolute atomic E-state index is 0.119. The van der Waals surface area contributed by atoms with Crippen molar-refractivity contribution >= 4 is 40.4 Å². The van der Waals surface area contributed by atoms with Gasteiger partial charge in [-0.15, -0.1) is 11.3 Å². The van der Waals surface area contributed by atoms with Crippen molar-refractivity contribution in [3.63, 3.8) is 0 Å². The molecule has 1 aromatic carbocycles. The number of fused-ring (bicyclic) bond motifs is 1. The standard InChI is InChI=1S/C16H16Cl2N2OS/c17-13-2-1-11(9-14(13)18)16(21)19-5-7-20-6-3-15-12(10-20)4-8-22-15/h1-2,4,8-9H,3,5-7,10H2,(H,19,21). The maximum atomic E-state index is 12.1. The number of carbonyl (C=O) groups excluding carboxylic acids is 1. The summed E-state index contributed by atoms with van der Waals surface area (Å²) in [4.78, 5) is 15.9. The molecular formula is C16H16Cl2N2OS. The van der Waals surface area contributed by atoms with Crippen molar-refractivity contribution in [2.45, 2.75) is 13.0 Å². The van der Waals surface area contributed by atoms with E-state index in [0.29, 0.717) is 22.2 Å². The van der Waals surface area contributed by atoms with Gasteiger partial charge in [0.25, 0.3) is 5.91 Å². The van der Waals surface area contributed by atoms with Crippen molar-refractivity contribution in [2.24, 2.45) is 0 Å². The normalized spacial score (nSPS) is 14.6. The molecule has 0 bridgehead atoms. The molecule has 0 saturated carbocycles. The monoisotopic (exact) mass is 354 g/mol. The first-order valence-electron chi connectivity index (χ1n) is 7.14. The molecule has 2 heterocycles. The Morgan fingerprint density at radius 3 is 2.95 bits per heavy atom. The van der Waals surface area contributed by atoms with Gasteiger partial charge in [0.1, 0.15) is 0 Å². The molecule has 6 heteroatoms. The van der Waals surface area contributed by atoms with Crippen molar-refractivity contribution in [1.82, 2.24) is 10.2 Å². The zero-order valence-electron chi connectivity index (χ0n) is 11.9. The van der Waals surface area contributed by atoms with Crippen molar-refractivity contribution < 1.29 is 4.79 Å². The summed E-state index contributed by atoms with van der Waals surface area (Å²) in [6, 6.07) is 7.11. The third kappa shape index (κ3) is 3.63. The molecule has 0 fully saturated rings. The van der Waals surface area contributed by atoms with Crippen molar-refractivity contribution in [3.8, 4) is 0 Å². The third-order valence-electron chi connectivity index (χ3n) is 3.78. The second-order valence-corrected chi connectivity index (χ2v) is 7.10. The Morgan fingerprint density at radius 2 is 2.14 bits per heavy atom. The number of hydrogen-bond acceptors (Lipinski definition) is 3. The van der Waals surface area contributed by atoms with Gasteiger partial charge in [-0.1, -0.05) is 23.2 Å². The number of halogens is 2. The smallest absolute Gasteiger partial charge is 0.251 e. The van der Waals surface area contributed by atoms with Crippen LogP contribution in [-0.2, 0) is 13.0 Å². The molecule has 0 spiro atoms. The Labute approximate surface area is 143 Å². The number of amides is 1. The lowest BCUT2D eigenvalue weighted by Crippen LogP contribution is -2.37. The van der Waals surface area contributed by atoms with E-state index in [1.165, 1.54) is 10.4 Å². The average Bonchev–Trinajstić information content (AvgIpc) is 2.97. The van der Waals surface area contributed by atoms with Gasteiger partial charge in [-0.05, 0) is 41.6 Å². The van der Waals surface area contributed by atoms with Crippen LogP contribution in [0.15, 0.2) is 29.6 Å². The Balaban J connectivity index is 1.49. The van der Waals surface area contributed by atoms with E-state index in [-0.39, 0.29) is 5.91 Å². The molecule has 0 radical (unpaired) electrons. The lowest BCUT2D eigenvalue weighted by atomic mass is 10.1. The molecule has 3 nitrogen and oxygen atoms in total. The highest BCUT2D eigenvalue weighted by Gasteiger charge is 2.17. The van der Waals surface area contributed by atoms with E-state index in [1.54, 1.807) is 18.2 Å². The summed E-state index contributed by atoms with van der Waals surface area (Å²) in [5, 5.41) is 5.94. The van der Waals surface area contributed by atoms with Gasteiger partial charge >= 0.3 is 0 Å². The van der Waals surface area contributed by atoms with E-state index in [1.807, 2.05) is 11.3 Å². The Kier molecular flexibility index (Phi) is 5.03. The number of hydrogen-bond donors (Lipinski definition) is 1. The third-order valence-corrected chi connectivity index (χ3v) is 5.54. The predicted octanol–water partition coefficient (Wildman–Crippen LogP) is 3.84. The van der Waals surface area contributed by atoms with E-state index in [4.69, 9.17) is 23.2 Å². The molecule has 3 rings (SSSR count). The molecule has 2 aromatic rings. The number of carbonyl (C=O) groups is 1. The fourth-order valence-electron chi connectivity index (χ4n) is 2.56. The highest BCUT2D eigenvalue weighted by Crippen LogP contribution is 2.24. The summed E-state index contributed by atoms with van der Waals surface area (Å²) in [6.07, 6.45) is 1.10. The summed E-state index contributed by atoms with van der Waals surface area (Å²) in [6.45, 7) is 3.50. The van der Waals surface area contributed by atoms with Crippen molar-refractivity contribution in [3.05, 3.63) is 55.7 Å². The summed E-state index contributed by atoms with van der Waals surface area (Å²) in [7, 11) is 0. The van der Waals surface area contributed by atoms with Gasteiger partial charge in [-0.2, -0.15) is 0 Å². The zero-order chi connectivity index (χ0) is 15.5. The van der Waals surface area contributed by atoms with Gasteiger partial charge in [-0.25, -0.2) is 0 Å². The van der Waals surface area contributed by atoms with E-state index in [2.05, 4.69) is 21.7 Å². The first kappa shape index (κ1) is 15.8. The lowest BCUT2D eigenvalue weighted by molar-refractivity contribution is 0.0947. The molecule has 1 aliphatic heterocycles. The van der Waals surface area contributed by atoms with Gasteiger partial charge in [0.15, 0.2) is 0 Å². The summed E-state index contributed by atoms with van der Waals surface area (Å²) >= 11 is 13.6. The predicted molar refractivity (Wildman–Crippen MR) is 92.1 cm³/mol. The summed E-state index contributed by atoms with van der Waals surface area (Å²) in [5.74, 6) is -0.119. The van der Waals surface area contributed by atoms with Crippen LogP contribution in [0.3, 0.4) is 0 Å². The first-order valence-corrected chi connectivity index (χ1v) is 8.78. The number of nitrogens with zero attached hydrogens (tertiary/aromatic N) is 1. The highest BCUT2D eigenvalue weighted by atomic mass is 35.5. The van der Waals surface area contributed by atoms with Gasteiger partial charge in [0.2, 0.25) is 0 Å². The van der Waals surface area contributed by atoms with Crippen LogP contribution >= 0.6 is 34.5 Å². The van der Waals surface area contributed by atoms with E-state index in [9.17, 15) is 4.79 Å². The first-order chi connectivity index (χ1) is 10.6. The van der Waals surface area contributed by atoms with Crippen molar-refractivity contribution in [2.75, 3.05) is 19.6 Å². The van der Waals surface area contributed by atoms with Gasteiger partial charge in [0.05, 0.1) is 10.0 Å². The van der Waals surface area contributed by atoms with Gasteiger partial charge < -0.3 is 5.32 Å². The summed E-state index contributed by atoms with van der Waals surface area (Å²) < 4.78 is 0. The molecule has 116 valence electrons. The molecule has 22 heavy (non-hydrogen) atoms. The molecule has 1 amide bonds. The van der Waals surface area contributed by atoms with Crippen LogP contribution in [-0.4, -0.2) is 30.4 Å². The average molecular weight is 355 g/mol. The minimum atomic E-state index is -0.119. The number of nitrogens with one attached hydrogen (secondary N) is 1. The van der Waals surface area contributed by atoms with Crippen LogP contribution in [0.5, 0.6) is 0 Å². The van der Waals surface area contributed by atoms with E-state index < -0.39 is 0 Å². The maximum absolute atomic E-state index is 12.1. The molecule has 1 aromatic heterocycles. The number of thiophene rings is 1. The quantitative estimate of drug-likeness (QED) is 0.904. The number of rotatable bonds is 4. The van der Waals surface area contributed by atoms with E-state index in [0.717, 1.165) is 26.1 Å². The zero-order valence-corrected chi connectivity index (χ0v) is 14.3. The molecule has 0 unspecified atom stereocenters. The molecule has 0 atom stereocenters. The van der Waals surface area contributed by atoms with Crippen LogP contribution < -0.4 is 5.32 Å². The van der Waals surface area contributed by atoms with Crippen LogP contribution in [0.1, 0.15) is 20.8 Å². The van der Waals surface area contributed by atoms with E-state index >= 15 is 0 Å². The fraction of sp³-hybridized carbons (Fsp3) is 0.312. The Hall–Kier alpha value is -1.07. The van der Waals surface area contributed by atoms with Crippen LogP contribution in [0, 0.1) is 0 Å². The van der Waals surface area contributed by atoms with Crippen LogP contribution in [0.25, 0.3) is 0 Å². The highest BCUT2D eigenvalue weighted by molar-refractivity contribution is 7.10. The number of benzene rings is 1. The Bertz CT molecular complexity index is 687. The minimum Gasteiger partial charge on any atom is -0.351 e. The SMILES string of the molecule is O=C(NCCN1CCc2sccc2C1)c1ccc(Cl)c(Cl)c1. The largest absolute Gasteiger partial charge is 0.351 e. The lowest BCUT2D eigenvalue weighted by Gasteiger charge is -2.26.